The Hall–Kier alpha value is -2.35. The number of nitrogens with one attached hydrogen (secondary N) is 2. The highest BCUT2D eigenvalue weighted by Gasteiger charge is 2.08. The molecule has 3 aromatic rings. The highest BCUT2D eigenvalue weighted by atomic mass is 35.5. The first kappa shape index (κ1) is 18.4. The summed E-state index contributed by atoms with van der Waals surface area (Å²) in [5.41, 5.74) is 1.72. The van der Waals surface area contributed by atoms with Gasteiger partial charge < -0.3 is 10.1 Å². The van der Waals surface area contributed by atoms with Crippen LogP contribution in [0.1, 0.15) is 5.56 Å². The van der Waals surface area contributed by atoms with E-state index in [0.717, 1.165) is 5.56 Å². The summed E-state index contributed by atoms with van der Waals surface area (Å²) in [6, 6.07) is 12.8. The fraction of sp³-hybridized carbons (Fsp3) is 0.118. The van der Waals surface area contributed by atoms with Crippen LogP contribution < -0.4 is 15.4 Å². The van der Waals surface area contributed by atoms with Crippen molar-refractivity contribution >= 4 is 52.2 Å². The van der Waals surface area contributed by atoms with Gasteiger partial charge in [-0.1, -0.05) is 35.3 Å². The number of hydrogen-bond acceptors (Lipinski definition) is 4. The normalized spacial score (nSPS) is 10.4. The fourth-order valence-corrected chi connectivity index (χ4v) is 2.74. The first-order valence-corrected chi connectivity index (χ1v) is 8.75. The fourth-order valence-electron chi connectivity index (χ4n) is 2.24. The lowest BCUT2D eigenvalue weighted by Crippen LogP contribution is -2.20. The predicted octanol–water partition coefficient (Wildman–Crippen LogP) is 4.45. The summed E-state index contributed by atoms with van der Waals surface area (Å²) >= 11 is 17.2. The number of methoxy groups -OCH3 is 1. The number of nitrogens with zero attached hydrogens (tertiary/aromatic N) is 3. The maximum absolute atomic E-state index is 6.01. The third-order valence-electron chi connectivity index (χ3n) is 3.43. The highest BCUT2D eigenvalue weighted by molar-refractivity contribution is 7.80. The predicted molar refractivity (Wildman–Crippen MR) is 108 cm³/mol. The van der Waals surface area contributed by atoms with Crippen LogP contribution in [0.15, 0.2) is 48.8 Å². The summed E-state index contributed by atoms with van der Waals surface area (Å²) in [6.45, 7) is 0.578. The smallest absolute Gasteiger partial charge is 0.248 e. The molecule has 0 bridgehead atoms. The van der Waals surface area contributed by atoms with Gasteiger partial charge in [0.05, 0.1) is 19.3 Å². The van der Waals surface area contributed by atoms with Gasteiger partial charge in [-0.05, 0) is 48.1 Å². The molecule has 2 N–H and O–H groups in total. The maximum Gasteiger partial charge on any atom is 0.248 e. The molecule has 0 spiro atoms. The lowest BCUT2D eigenvalue weighted by Gasteiger charge is -2.12. The summed E-state index contributed by atoms with van der Waals surface area (Å²) < 4.78 is 6.98. The van der Waals surface area contributed by atoms with Crippen molar-refractivity contribution in [1.29, 1.82) is 0 Å². The van der Waals surface area contributed by atoms with E-state index in [2.05, 4.69) is 20.7 Å². The molecule has 1 heterocycles. The molecule has 0 aliphatic rings. The SMILES string of the molecule is COc1ccc(Cl)cc1NC(=S)Nc1ncn(Cc2ccc(Cl)cc2)n1. The van der Waals surface area contributed by atoms with Crippen LogP contribution in [0.3, 0.4) is 0 Å². The van der Waals surface area contributed by atoms with Crippen LogP contribution in [0.25, 0.3) is 0 Å². The minimum absolute atomic E-state index is 0.329. The summed E-state index contributed by atoms with van der Waals surface area (Å²) in [5, 5.41) is 11.9. The Kier molecular flexibility index (Phi) is 5.92. The number of thiocarbonyl (C=S) groups is 1. The Labute approximate surface area is 166 Å². The van der Waals surface area contributed by atoms with Gasteiger partial charge in [-0.2, -0.15) is 0 Å². The zero-order valence-electron chi connectivity index (χ0n) is 13.7. The molecule has 1 aromatic heterocycles. The van der Waals surface area contributed by atoms with Gasteiger partial charge in [-0.15, -0.1) is 5.10 Å². The van der Waals surface area contributed by atoms with Crippen molar-refractivity contribution in [3.8, 4) is 5.75 Å². The lowest BCUT2D eigenvalue weighted by molar-refractivity contribution is 0.417. The van der Waals surface area contributed by atoms with Crippen molar-refractivity contribution in [2.45, 2.75) is 6.54 Å². The van der Waals surface area contributed by atoms with Crippen molar-refractivity contribution in [2.75, 3.05) is 17.7 Å². The first-order chi connectivity index (χ1) is 12.5. The average molecular weight is 408 g/mol. The molecule has 6 nitrogen and oxygen atoms in total. The second kappa shape index (κ2) is 8.35. The Morgan fingerprint density at radius 3 is 2.58 bits per heavy atom. The molecule has 0 saturated carbocycles. The van der Waals surface area contributed by atoms with Crippen LogP contribution in [-0.4, -0.2) is 27.0 Å². The molecular formula is C17H15Cl2N5OS. The molecule has 0 saturated heterocycles. The lowest BCUT2D eigenvalue weighted by atomic mass is 10.2. The van der Waals surface area contributed by atoms with Crippen molar-refractivity contribution in [1.82, 2.24) is 14.8 Å². The number of aromatic nitrogens is 3. The van der Waals surface area contributed by atoms with Gasteiger partial charge in [-0.25, -0.2) is 9.67 Å². The number of ether oxygens (including phenoxy) is 1. The van der Waals surface area contributed by atoms with E-state index in [0.29, 0.717) is 39.1 Å². The van der Waals surface area contributed by atoms with Gasteiger partial charge in [0.1, 0.15) is 12.1 Å². The van der Waals surface area contributed by atoms with Gasteiger partial charge in [0, 0.05) is 10.0 Å². The molecule has 3 rings (SSSR count). The van der Waals surface area contributed by atoms with Gasteiger partial charge in [0.2, 0.25) is 5.95 Å². The van der Waals surface area contributed by atoms with E-state index >= 15 is 0 Å². The van der Waals surface area contributed by atoms with Gasteiger partial charge in [0.15, 0.2) is 5.11 Å². The topological polar surface area (TPSA) is 64.0 Å². The van der Waals surface area contributed by atoms with Gasteiger partial charge in [-0.3, -0.25) is 5.32 Å². The van der Waals surface area contributed by atoms with E-state index in [9.17, 15) is 0 Å². The van der Waals surface area contributed by atoms with E-state index < -0.39 is 0 Å². The molecule has 134 valence electrons. The maximum atomic E-state index is 6.01. The molecule has 26 heavy (non-hydrogen) atoms. The average Bonchev–Trinajstić information content (AvgIpc) is 3.04. The quantitative estimate of drug-likeness (QED) is 0.609. The van der Waals surface area contributed by atoms with Crippen LogP contribution in [0.4, 0.5) is 11.6 Å². The van der Waals surface area contributed by atoms with E-state index in [1.807, 2.05) is 24.3 Å². The third kappa shape index (κ3) is 4.85. The van der Waals surface area contributed by atoms with Crippen molar-refractivity contribution in [3.05, 3.63) is 64.4 Å². The molecule has 0 atom stereocenters. The molecular weight excluding hydrogens is 393 g/mol. The molecule has 0 amide bonds. The van der Waals surface area contributed by atoms with Crippen LogP contribution >= 0.6 is 35.4 Å². The standard InChI is InChI=1S/C17H15Cl2N5OS/c1-25-15-7-6-13(19)8-14(15)21-17(26)22-16-20-10-24(23-16)9-11-2-4-12(18)5-3-11/h2-8,10H,9H2,1H3,(H2,21,22,23,26). The highest BCUT2D eigenvalue weighted by Crippen LogP contribution is 2.27. The Balaban J connectivity index is 1.62. The van der Waals surface area contributed by atoms with E-state index in [4.69, 9.17) is 40.2 Å². The molecule has 2 aromatic carbocycles. The summed E-state index contributed by atoms with van der Waals surface area (Å²) in [7, 11) is 1.57. The van der Waals surface area contributed by atoms with E-state index in [-0.39, 0.29) is 0 Å². The Bertz CT molecular complexity index is 914. The zero-order chi connectivity index (χ0) is 18.5. The van der Waals surface area contributed by atoms with Crippen LogP contribution in [0.5, 0.6) is 5.75 Å². The molecule has 9 heteroatoms. The van der Waals surface area contributed by atoms with Crippen LogP contribution in [0.2, 0.25) is 10.0 Å². The third-order valence-corrected chi connectivity index (χ3v) is 4.12. The van der Waals surface area contributed by atoms with E-state index in [1.165, 1.54) is 0 Å². The number of rotatable bonds is 5. The van der Waals surface area contributed by atoms with Crippen LogP contribution in [0, 0.1) is 0 Å². The summed E-state index contributed by atoms with van der Waals surface area (Å²) in [5.74, 6) is 1.01. The number of halogens is 2. The minimum Gasteiger partial charge on any atom is -0.495 e. The first-order valence-electron chi connectivity index (χ1n) is 7.59. The van der Waals surface area contributed by atoms with E-state index in [1.54, 1.807) is 36.3 Å². The second-order valence-electron chi connectivity index (χ2n) is 5.32. The second-order valence-corrected chi connectivity index (χ2v) is 6.60. The molecule has 0 aliphatic carbocycles. The summed E-state index contributed by atoms with van der Waals surface area (Å²) in [6.07, 6.45) is 1.62. The molecule has 0 fully saturated rings. The largest absolute Gasteiger partial charge is 0.495 e. The van der Waals surface area contributed by atoms with Crippen molar-refractivity contribution in [3.63, 3.8) is 0 Å². The van der Waals surface area contributed by atoms with Crippen molar-refractivity contribution in [2.24, 2.45) is 0 Å². The van der Waals surface area contributed by atoms with Gasteiger partial charge in [0.25, 0.3) is 0 Å². The Morgan fingerprint density at radius 2 is 1.85 bits per heavy atom. The number of benzene rings is 2. The van der Waals surface area contributed by atoms with Gasteiger partial charge >= 0.3 is 0 Å². The number of anilines is 2. The zero-order valence-corrected chi connectivity index (χ0v) is 16.1. The Morgan fingerprint density at radius 1 is 1.12 bits per heavy atom. The molecule has 0 aliphatic heterocycles. The molecule has 0 unspecified atom stereocenters. The van der Waals surface area contributed by atoms with Crippen LogP contribution in [-0.2, 0) is 6.54 Å². The monoisotopic (exact) mass is 407 g/mol. The van der Waals surface area contributed by atoms with Crippen molar-refractivity contribution < 1.29 is 4.74 Å². The number of hydrogen-bond donors (Lipinski definition) is 2. The molecule has 0 radical (unpaired) electrons. The summed E-state index contributed by atoms with van der Waals surface area (Å²) in [4.78, 5) is 4.20. The minimum atomic E-state index is 0.329.